The Morgan fingerprint density at radius 1 is 1.21 bits per heavy atom. The Hall–Kier alpha value is -2.62. The number of benzene rings is 1. The van der Waals surface area contributed by atoms with Crippen LogP contribution in [0.5, 0.6) is 0 Å². The van der Waals surface area contributed by atoms with Crippen LogP contribution in [0.1, 0.15) is 15.9 Å². The molecule has 0 spiro atoms. The Balaban J connectivity index is 1.77. The SMILES string of the molecule is O=C(NCc1cccnc1)c1c[nH]c2ccccc12. The molecule has 19 heavy (non-hydrogen) atoms. The van der Waals surface area contributed by atoms with Gasteiger partial charge in [-0.3, -0.25) is 9.78 Å². The predicted octanol–water partition coefficient (Wildman–Crippen LogP) is 2.49. The van der Waals surface area contributed by atoms with E-state index in [9.17, 15) is 4.79 Å². The smallest absolute Gasteiger partial charge is 0.253 e. The van der Waals surface area contributed by atoms with Gasteiger partial charge < -0.3 is 10.3 Å². The molecule has 0 saturated heterocycles. The fourth-order valence-corrected chi connectivity index (χ4v) is 2.04. The monoisotopic (exact) mass is 251 g/mol. The summed E-state index contributed by atoms with van der Waals surface area (Å²) < 4.78 is 0. The molecule has 0 aliphatic heterocycles. The van der Waals surface area contributed by atoms with Crippen molar-refractivity contribution in [3.63, 3.8) is 0 Å². The number of H-pyrrole nitrogens is 1. The van der Waals surface area contributed by atoms with E-state index in [1.807, 2.05) is 36.4 Å². The molecule has 0 unspecified atom stereocenters. The van der Waals surface area contributed by atoms with Crippen LogP contribution in [0.3, 0.4) is 0 Å². The van der Waals surface area contributed by atoms with Gasteiger partial charge in [0.15, 0.2) is 0 Å². The van der Waals surface area contributed by atoms with E-state index in [2.05, 4.69) is 15.3 Å². The largest absolute Gasteiger partial charge is 0.360 e. The van der Waals surface area contributed by atoms with Crippen molar-refractivity contribution in [1.82, 2.24) is 15.3 Å². The summed E-state index contributed by atoms with van der Waals surface area (Å²) in [6.45, 7) is 0.478. The van der Waals surface area contributed by atoms with Crippen LogP contribution in [-0.4, -0.2) is 15.9 Å². The minimum atomic E-state index is -0.0821. The zero-order valence-electron chi connectivity index (χ0n) is 10.3. The fourth-order valence-electron chi connectivity index (χ4n) is 2.04. The molecule has 2 N–H and O–H groups in total. The molecule has 2 aromatic heterocycles. The zero-order valence-corrected chi connectivity index (χ0v) is 10.3. The second-order valence-corrected chi connectivity index (χ2v) is 4.29. The van der Waals surface area contributed by atoms with E-state index < -0.39 is 0 Å². The summed E-state index contributed by atoms with van der Waals surface area (Å²) >= 11 is 0. The number of amides is 1. The van der Waals surface area contributed by atoms with Gasteiger partial charge in [-0.15, -0.1) is 0 Å². The molecule has 0 aliphatic rings. The first-order valence-electron chi connectivity index (χ1n) is 6.08. The Morgan fingerprint density at radius 2 is 2.11 bits per heavy atom. The molecule has 2 heterocycles. The van der Waals surface area contributed by atoms with Gasteiger partial charge >= 0.3 is 0 Å². The summed E-state index contributed by atoms with van der Waals surface area (Å²) in [5.74, 6) is -0.0821. The van der Waals surface area contributed by atoms with E-state index in [4.69, 9.17) is 0 Å². The predicted molar refractivity (Wildman–Crippen MR) is 73.7 cm³/mol. The number of carbonyl (C=O) groups is 1. The molecular weight excluding hydrogens is 238 g/mol. The van der Waals surface area contributed by atoms with Crippen molar-refractivity contribution >= 4 is 16.8 Å². The molecule has 1 aromatic carbocycles. The lowest BCUT2D eigenvalue weighted by Gasteiger charge is -2.03. The molecule has 0 atom stereocenters. The third kappa shape index (κ3) is 2.33. The highest BCUT2D eigenvalue weighted by Gasteiger charge is 2.10. The summed E-state index contributed by atoms with van der Waals surface area (Å²) in [7, 11) is 0. The van der Waals surface area contributed by atoms with Crippen molar-refractivity contribution in [3.8, 4) is 0 Å². The molecule has 0 bridgehead atoms. The molecule has 94 valence electrons. The van der Waals surface area contributed by atoms with Crippen molar-refractivity contribution < 1.29 is 4.79 Å². The van der Waals surface area contributed by atoms with Crippen molar-refractivity contribution in [2.75, 3.05) is 0 Å². The molecule has 0 aliphatic carbocycles. The number of aromatic amines is 1. The maximum Gasteiger partial charge on any atom is 0.253 e. The normalized spacial score (nSPS) is 10.5. The lowest BCUT2D eigenvalue weighted by molar-refractivity contribution is 0.0952. The highest BCUT2D eigenvalue weighted by molar-refractivity contribution is 6.06. The summed E-state index contributed by atoms with van der Waals surface area (Å²) in [4.78, 5) is 19.3. The van der Waals surface area contributed by atoms with Crippen LogP contribution in [0.2, 0.25) is 0 Å². The van der Waals surface area contributed by atoms with Gasteiger partial charge in [-0.05, 0) is 17.7 Å². The molecule has 0 saturated carbocycles. The average Bonchev–Trinajstić information content (AvgIpc) is 2.90. The number of hydrogen-bond donors (Lipinski definition) is 2. The lowest BCUT2D eigenvalue weighted by atomic mass is 10.1. The van der Waals surface area contributed by atoms with Crippen LogP contribution in [0, 0.1) is 0 Å². The first-order valence-corrected chi connectivity index (χ1v) is 6.08. The minimum absolute atomic E-state index is 0.0821. The van der Waals surface area contributed by atoms with Gasteiger partial charge in [0.1, 0.15) is 0 Å². The van der Waals surface area contributed by atoms with Gasteiger partial charge in [-0.2, -0.15) is 0 Å². The molecule has 4 nitrogen and oxygen atoms in total. The number of rotatable bonds is 3. The third-order valence-corrected chi connectivity index (χ3v) is 3.01. The highest BCUT2D eigenvalue weighted by Crippen LogP contribution is 2.17. The van der Waals surface area contributed by atoms with Gasteiger partial charge in [0.2, 0.25) is 0 Å². The summed E-state index contributed by atoms with van der Waals surface area (Å²) in [5, 5.41) is 3.83. The number of fused-ring (bicyclic) bond motifs is 1. The van der Waals surface area contributed by atoms with Crippen LogP contribution in [-0.2, 0) is 6.54 Å². The van der Waals surface area contributed by atoms with E-state index in [1.165, 1.54) is 0 Å². The van der Waals surface area contributed by atoms with Crippen molar-refractivity contribution in [2.24, 2.45) is 0 Å². The molecular formula is C15H13N3O. The molecule has 3 rings (SSSR count). The first kappa shape index (κ1) is 11.5. The molecule has 3 aromatic rings. The van der Waals surface area contributed by atoms with Crippen molar-refractivity contribution in [1.29, 1.82) is 0 Å². The van der Waals surface area contributed by atoms with Crippen molar-refractivity contribution in [3.05, 3.63) is 66.1 Å². The van der Waals surface area contributed by atoms with Gasteiger partial charge in [0, 0.05) is 36.0 Å². The Kier molecular flexibility index (Phi) is 2.98. The minimum Gasteiger partial charge on any atom is -0.360 e. The summed E-state index contributed by atoms with van der Waals surface area (Å²) in [6.07, 6.45) is 5.20. The van der Waals surface area contributed by atoms with E-state index in [-0.39, 0.29) is 5.91 Å². The van der Waals surface area contributed by atoms with Gasteiger partial charge in [0.25, 0.3) is 5.91 Å². The Bertz CT molecular complexity index is 703. The number of carbonyl (C=O) groups excluding carboxylic acids is 1. The second kappa shape index (κ2) is 4.94. The summed E-state index contributed by atoms with van der Waals surface area (Å²) in [5.41, 5.74) is 2.62. The van der Waals surface area contributed by atoms with Crippen molar-refractivity contribution in [2.45, 2.75) is 6.54 Å². The topological polar surface area (TPSA) is 57.8 Å². The fraction of sp³-hybridized carbons (Fsp3) is 0.0667. The number of nitrogens with zero attached hydrogens (tertiary/aromatic N) is 1. The average molecular weight is 251 g/mol. The number of para-hydroxylation sites is 1. The van der Waals surface area contributed by atoms with Crippen LogP contribution in [0.25, 0.3) is 10.9 Å². The van der Waals surface area contributed by atoms with Crippen LogP contribution < -0.4 is 5.32 Å². The number of hydrogen-bond acceptors (Lipinski definition) is 2. The quantitative estimate of drug-likeness (QED) is 0.751. The van der Waals surface area contributed by atoms with Gasteiger partial charge in [-0.1, -0.05) is 24.3 Å². The maximum atomic E-state index is 12.1. The van der Waals surface area contributed by atoms with Crippen LogP contribution >= 0.6 is 0 Å². The molecule has 0 fully saturated rings. The van der Waals surface area contributed by atoms with E-state index in [1.54, 1.807) is 18.6 Å². The zero-order chi connectivity index (χ0) is 13.1. The van der Waals surface area contributed by atoms with E-state index in [0.717, 1.165) is 16.5 Å². The molecule has 0 radical (unpaired) electrons. The Labute approximate surface area is 110 Å². The second-order valence-electron chi connectivity index (χ2n) is 4.29. The Morgan fingerprint density at radius 3 is 2.95 bits per heavy atom. The first-order chi connectivity index (χ1) is 9.34. The maximum absolute atomic E-state index is 12.1. The van der Waals surface area contributed by atoms with Gasteiger partial charge in [-0.25, -0.2) is 0 Å². The standard InChI is InChI=1S/C15H13N3O/c19-15(18-9-11-4-3-7-16-8-11)13-10-17-14-6-2-1-5-12(13)14/h1-8,10,17H,9H2,(H,18,19). The van der Waals surface area contributed by atoms with E-state index in [0.29, 0.717) is 12.1 Å². The number of pyridine rings is 1. The molecule has 4 heteroatoms. The van der Waals surface area contributed by atoms with Crippen LogP contribution in [0.4, 0.5) is 0 Å². The number of aromatic nitrogens is 2. The highest BCUT2D eigenvalue weighted by atomic mass is 16.1. The van der Waals surface area contributed by atoms with E-state index >= 15 is 0 Å². The summed E-state index contributed by atoms with van der Waals surface area (Å²) in [6, 6.07) is 11.5. The van der Waals surface area contributed by atoms with Crippen LogP contribution in [0.15, 0.2) is 55.0 Å². The molecule has 1 amide bonds. The lowest BCUT2D eigenvalue weighted by Crippen LogP contribution is -2.22. The third-order valence-electron chi connectivity index (χ3n) is 3.01. The number of nitrogens with one attached hydrogen (secondary N) is 2. The van der Waals surface area contributed by atoms with Gasteiger partial charge in [0.05, 0.1) is 5.56 Å².